The molecule has 0 spiro atoms. The maximum atomic E-state index is 13.0. The zero-order valence-corrected chi connectivity index (χ0v) is 16.6. The van der Waals surface area contributed by atoms with E-state index in [9.17, 15) is 14.8 Å². The molecule has 0 unspecified atom stereocenters. The first-order chi connectivity index (χ1) is 12.6. The van der Waals surface area contributed by atoms with Gasteiger partial charge in [-0.2, -0.15) is 0 Å². The Kier molecular flexibility index (Phi) is 4.02. The minimum Gasteiger partial charge on any atom is -0.444 e. The van der Waals surface area contributed by atoms with E-state index >= 15 is 0 Å². The van der Waals surface area contributed by atoms with Crippen LogP contribution in [0.4, 0.5) is 4.79 Å². The molecule has 0 aromatic carbocycles. The minimum atomic E-state index is -0.519. The maximum absolute atomic E-state index is 13.0. The van der Waals surface area contributed by atoms with Gasteiger partial charge in [-0.3, -0.25) is 4.79 Å². The molecule has 0 aromatic heterocycles. The number of carbonyl (C=O) groups excluding carboxylic acids is 2. The molecule has 3 N–H and O–H groups in total. The van der Waals surface area contributed by atoms with Gasteiger partial charge in [0, 0.05) is 16.4 Å². The molecule has 7 heteroatoms. The van der Waals surface area contributed by atoms with Crippen molar-refractivity contribution in [3.63, 3.8) is 0 Å². The van der Waals surface area contributed by atoms with Crippen molar-refractivity contribution in [3.05, 3.63) is 0 Å². The fourth-order valence-corrected chi connectivity index (χ4v) is 5.51. The first kappa shape index (κ1) is 18.6. The van der Waals surface area contributed by atoms with Crippen LogP contribution in [0.2, 0.25) is 0 Å². The molecule has 6 aliphatic carbocycles. The fraction of sp³-hybridized carbons (Fsp3) is 0.850. The van der Waals surface area contributed by atoms with Crippen molar-refractivity contribution < 1.29 is 19.5 Å². The molecular weight excluding hydrogens is 346 g/mol. The van der Waals surface area contributed by atoms with E-state index in [1.807, 2.05) is 20.8 Å². The van der Waals surface area contributed by atoms with Crippen LogP contribution in [0.3, 0.4) is 0 Å². The second kappa shape index (κ2) is 5.85. The summed E-state index contributed by atoms with van der Waals surface area (Å²) in [6.45, 7) is 5.56. The number of hydrogen-bond donors (Lipinski definition) is 3. The van der Waals surface area contributed by atoms with Gasteiger partial charge in [0.2, 0.25) is 5.91 Å². The number of rotatable bonds is 3. The van der Waals surface area contributed by atoms with E-state index in [0.29, 0.717) is 5.84 Å². The summed E-state index contributed by atoms with van der Waals surface area (Å²) >= 11 is 0. The van der Waals surface area contributed by atoms with Crippen molar-refractivity contribution in [3.8, 4) is 0 Å². The first-order valence-corrected chi connectivity index (χ1v) is 10.1. The van der Waals surface area contributed by atoms with Crippen molar-refractivity contribution in [2.45, 2.75) is 89.7 Å². The Balaban J connectivity index is 1.36. The molecule has 0 aromatic rings. The third kappa shape index (κ3) is 3.09. The Hall–Kier alpha value is -1.79. The third-order valence-corrected chi connectivity index (χ3v) is 7.37. The number of alkyl carbamates (subject to hydrolysis) is 1. The molecular formula is C20H31N3O4. The van der Waals surface area contributed by atoms with Crippen LogP contribution in [-0.4, -0.2) is 34.2 Å². The molecule has 0 heterocycles. The Bertz CT molecular complexity index is 652. The van der Waals surface area contributed by atoms with Gasteiger partial charge in [0.25, 0.3) is 0 Å². The number of carbonyl (C=O) groups is 2. The quantitative estimate of drug-likeness (QED) is 0.304. The Morgan fingerprint density at radius 1 is 1.00 bits per heavy atom. The molecule has 0 saturated heterocycles. The van der Waals surface area contributed by atoms with E-state index in [1.54, 1.807) is 0 Å². The topological polar surface area (TPSA) is 100 Å². The average Bonchev–Trinajstić information content (AvgIpc) is 2.50. The lowest BCUT2D eigenvalue weighted by atomic mass is 9.44. The number of oxime groups is 1. The van der Waals surface area contributed by atoms with Gasteiger partial charge >= 0.3 is 6.09 Å². The second-order valence-electron chi connectivity index (χ2n) is 10.3. The summed E-state index contributed by atoms with van der Waals surface area (Å²) in [4.78, 5) is 25.3. The number of nitrogens with one attached hydrogen (secondary N) is 2. The molecule has 2 amide bonds. The standard InChI is InChI=1S/C20H31N3O4/c1-17(2,3)27-16(25)22-20-7-4-18(5-8-20,6-9-20)15(24)21-14(23-26)19-10-13(11-19)12-19/h13,26H,4-12H2,1-3H3,(H,22,25)(H,21,23,24). The molecule has 150 valence electrons. The lowest BCUT2D eigenvalue weighted by Gasteiger charge is -2.61. The third-order valence-electron chi connectivity index (χ3n) is 7.37. The van der Waals surface area contributed by atoms with Gasteiger partial charge in [0.15, 0.2) is 5.84 Å². The average molecular weight is 377 g/mol. The summed E-state index contributed by atoms with van der Waals surface area (Å²) in [5, 5.41) is 18.9. The fourth-order valence-electron chi connectivity index (χ4n) is 5.51. The first-order valence-electron chi connectivity index (χ1n) is 10.1. The molecule has 6 saturated carbocycles. The molecule has 6 fully saturated rings. The largest absolute Gasteiger partial charge is 0.444 e. The van der Waals surface area contributed by atoms with Gasteiger partial charge in [-0.1, -0.05) is 5.16 Å². The van der Waals surface area contributed by atoms with E-state index in [4.69, 9.17) is 4.74 Å². The van der Waals surface area contributed by atoms with E-state index in [1.165, 1.54) is 0 Å². The molecule has 4 bridgehead atoms. The molecule has 0 atom stereocenters. The van der Waals surface area contributed by atoms with Gasteiger partial charge < -0.3 is 20.6 Å². The van der Waals surface area contributed by atoms with Crippen LogP contribution < -0.4 is 10.6 Å². The smallest absolute Gasteiger partial charge is 0.408 e. The van der Waals surface area contributed by atoms with Crippen LogP contribution in [0.5, 0.6) is 0 Å². The molecule has 7 nitrogen and oxygen atoms in total. The van der Waals surface area contributed by atoms with Gasteiger partial charge in [-0.05, 0) is 84.5 Å². The number of amidine groups is 1. The van der Waals surface area contributed by atoms with Gasteiger partial charge in [0.05, 0.1) is 0 Å². The number of hydrogen-bond acceptors (Lipinski definition) is 5. The monoisotopic (exact) mass is 377 g/mol. The van der Waals surface area contributed by atoms with E-state index in [2.05, 4.69) is 15.8 Å². The highest BCUT2D eigenvalue weighted by Crippen LogP contribution is 2.65. The summed E-state index contributed by atoms with van der Waals surface area (Å²) in [6.07, 6.45) is 7.26. The SMILES string of the molecule is CC(C)(C)OC(=O)NC12CCC(C(=O)N/C(=N\O)C34CC(C3)C4)(CC1)CC2. The summed E-state index contributed by atoms with van der Waals surface area (Å²) in [7, 11) is 0. The van der Waals surface area contributed by atoms with Crippen molar-refractivity contribution in [1.82, 2.24) is 10.6 Å². The van der Waals surface area contributed by atoms with Crippen LogP contribution in [0.25, 0.3) is 0 Å². The van der Waals surface area contributed by atoms with Crippen molar-refractivity contribution in [2.75, 3.05) is 0 Å². The van der Waals surface area contributed by atoms with Crippen molar-refractivity contribution in [1.29, 1.82) is 0 Å². The van der Waals surface area contributed by atoms with Crippen LogP contribution in [0.15, 0.2) is 5.16 Å². The number of amides is 2. The zero-order chi connectivity index (χ0) is 19.5. The predicted octanol–water partition coefficient (Wildman–Crippen LogP) is 3.31. The summed E-state index contributed by atoms with van der Waals surface area (Å²) < 4.78 is 5.41. The van der Waals surface area contributed by atoms with E-state index < -0.39 is 11.0 Å². The Morgan fingerprint density at radius 2 is 1.56 bits per heavy atom. The van der Waals surface area contributed by atoms with E-state index in [0.717, 1.165) is 63.7 Å². The lowest BCUT2D eigenvalue weighted by Crippen LogP contribution is -2.64. The highest BCUT2D eigenvalue weighted by atomic mass is 16.6. The van der Waals surface area contributed by atoms with Crippen LogP contribution >= 0.6 is 0 Å². The Morgan fingerprint density at radius 3 is 1.96 bits per heavy atom. The van der Waals surface area contributed by atoms with Crippen LogP contribution in [0.1, 0.15) is 78.6 Å². The molecule has 6 aliphatic rings. The second-order valence-corrected chi connectivity index (χ2v) is 10.3. The number of nitrogens with zero attached hydrogens (tertiary/aromatic N) is 1. The Labute approximate surface area is 160 Å². The zero-order valence-electron chi connectivity index (χ0n) is 16.6. The van der Waals surface area contributed by atoms with Crippen molar-refractivity contribution >= 4 is 17.8 Å². The van der Waals surface area contributed by atoms with E-state index in [-0.39, 0.29) is 23.0 Å². The highest BCUT2D eigenvalue weighted by Gasteiger charge is 2.61. The summed E-state index contributed by atoms with van der Waals surface area (Å²) in [5.74, 6) is 1.21. The van der Waals surface area contributed by atoms with Crippen LogP contribution in [-0.2, 0) is 9.53 Å². The molecule has 0 aliphatic heterocycles. The van der Waals surface area contributed by atoms with Gasteiger partial charge in [-0.25, -0.2) is 4.79 Å². The lowest BCUT2D eigenvalue weighted by molar-refractivity contribution is -0.137. The molecule has 0 radical (unpaired) electrons. The molecule has 6 rings (SSSR count). The summed E-state index contributed by atoms with van der Waals surface area (Å²) in [6, 6.07) is 0. The number of fused-ring (bicyclic) bond motifs is 3. The highest BCUT2D eigenvalue weighted by molar-refractivity contribution is 6.04. The molecule has 27 heavy (non-hydrogen) atoms. The van der Waals surface area contributed by atoms with Crippen LogP contribution in [0, 0.1) is 16.7 Å². The number of ether oxygens (including phenoxy) is 1. The summed E-state index contributed by atoms with van der Waals surface area (Å²) in [5.41, 5.74) is -1.25. The van der Waals surface area contributed by atoms with Crippen molar-refractivity contribution in [2.24, 2.45) is 21.9 Å². The minimum absolute atomic E-state index is 0.00871. The van der Waals surface area contributed by atoms with Gasteiger partial charge in [-0.15, -0.1) is 0 Å². The predicted molar refractivity (Wildman–Crippen MR) is 99.4 cm³/mol. The maximum Gasteiger partial charge on any atom is 0.408 e. The van der Waals surface area contributed by atoms with Gasteiger partial charge in [0.1, 0.15) is 5.60 Å². The normalized spacial score (nSPS) is 39.8.